The van der Waals surface area contributed by atoms with Crippen LogP contribution in [0.4, 0.5) is 40.7 Å². The number of piperazine rings is 1. The first-order valence-corrected chi connectivity index (χ1v) is 10.1. The molecule has 7 nitrogen and oxygen atoms in total. The van der Waals surface area contributed by atoms with Crippen molar-refractivity contribution in [3.8, 4) is 0 Å². The molecule has 0 amide bonds. The van der Waals surface area contributed by atoms with Gasteiger partial charge in [-0.25, -0.2) is 14.4 Å². The van der Waals surface area contributed by atoms with Gasteiger partial charge in [0.2, 0.25) is 0 Å². The Morgan fingerprint density at radius 3 is 2.29 bits per heavy atom. The number of likely N-dealkylation sites (N-methyl/N-ethyl adjacent to an activating group) is 1. The Balaban J connectivity index is 1.65. The molecular weight excluding hydrogens is 416 g/mol. The number of rotatable bonds is 4. The maximum absolute atomic E-state index is 15.5. The highest BCUT2D eigenvalue weighted by molar-refractivity contribution is 5.67. The van der Waals surface area contributed by atoms with Crippen molar-refractivity contribution in [1.29, 1.82) is 0 Å². The molecule has 2 aromatic heterocycles. The van der Waals surface area contributed by atoms with Crippen LogP contribution in [0.2, 0.25) is 0 Å². The van der Waals surface area contributed by atoms with Gasteiger partial charge in [0.05, 0.1) is 24.5 Å². The van der Waals surface area contributed by atoms with Crippen molar-refractivity contribution < 1.29 is 22.3 Å². The smallest absolute Gasteiger partial charge is 0.378 e. The van der Waals surface area contributed by atoms with E-state index in [2.05, 4.69) is 20.2 Å². The summed E-state index contributed by atoms with van der Waals surface area (Å²) in [5.41, 5.74) is -0.420. The topological polar surface area (TPSA) is 56.8 Å². The van der Waals surface area contributed by atoms with Gasteiger partial charge in [0.15, 0.2) is 11.6 Å². The second-order valence-corrected chi connectivity index (χ2v) is 7.61. The number of hydrogen-bond acceptors (Lipinski definition) is 7. The number of nitrogens with zero attached hydrogens (tertiary/aromatic N) is 5. The average Bonchev–Trinajstić information content (AvgIpc) is 2.76. The fourth-order valence-corrected chi connectivity index (χ4v) is 3.60. The molecule has 0 bridgehead atoms. The number of morpholine rings is 1. The quantitative estimate of drug-likeness (QED) is 0.734. The minimum absolute atomic E-state index is 0.198. The lowest BCUT2D eigenvalue weighted by Gasteiger charge is -2.35. The lowest BCUT2D eigenvalue weighted by Crippen LogP contribution is -2.45. The van der Waals surface area contributed by atoms with Gasteiger partial charge >= 0.3 is 6.18 Å². The molecule has 0 aromatic carbocycles. The molecule has 2 aromatic rings. The molecule has 0 aliphatic carbocycles. The van der Waals surface area contributed by atoms with Crippen LogP contribution in [0.15, 0.2) is 24.4 Å². The molecular formula is C20H24F4N6O. The molecule has 2 fully saturated rings. The van der Waals surface area contributed by atoms with E-state index in [0.29, 0.717) is 50.9 Å². The molecule has 0 radical (unpaired) electrons. The Morgan fingerprint density at radius 2 is 1.68 bits per heavy atom. The van der Waals surface area contributed by atoms with Crippen LogP contribution >= 0.6 is 0 Å². The van der Waals surface area contributed by atoms with Gasteiger partial charge in [-0.1, -0.05) is 0 Å². The van der Waals surface area contributed by atoms with E-state index in [9.17, 15) is 13.2 Å². The number of hydrogen-bond donors (Lipinski definition) is 1. The van der Waals surface area contributed by atoms with E-state index in [0.717, 1.165) is 25.4 Å². The van der Waals surface area contributed by atoms with Crippen LogP contribution in [0.1, 0.15) is 5.56 Å². The van der Waals surface area contributed by atoms with E-state index in [1.807, 2.05) is 16.8 Å². The summed E-state index contributed by atoms with van der Waals surface area (Å²) in [6, 6.07) is 3.77. The molecule has 2 aliphatic heterocycles. The van der Waals surface area contributed by atoms with Gasteiger partial charge in [-0.3, -0.25) is 0 Å². The number of anilines is 4. The molecule has 0 unspecified atom stereocenters. The molecule has 31 heavy (non-hydrogen) atoms. The summed E-state index contributed by atoms with van der Waals surface area (Å²) < 4.78 is 59.2. The van der Waals surface area contributed by atoms with E-state index in [1.165, 1.54) is 6.07 Å². The second-order valence-electron chi connectivity index (χ2n) is 7.61. The van der Waals surface area contributed by atoms with Crippen LogP contribution in [0.5, 0.6) is 0 Å². The van der Waals surface area contributed by atoms with Crippen molar-refractivity contribution >= 4 is 23.1 Å². The zero-order valence-corrected chi connectivity index (χ0v) is 17.1. The zero-order chi connectivity index (χ0) is 22.0. The van der Waals surface area contributed by atoms with Crippen molar-refractivity contribution in [2.75, 3.05) is 74.6 Å². The number of nitrogens with one attached hydrogen (secondary N) is 1. The Labute approximate surface area is 177 Å². The number of aromatic nitrogens is 2. The minimum Gasteiger partial charge on any atom is -0.378 e. The van der Waals surface area contributed by atoms with E-state index in [4.69, 9.17) is 4.74 Å². The largest absolute Gasteiger partial charge is 0.417 e. The Kier molecular flexibility index (Phi) is 6.15. The highest BCUT2D eigenvalue weighted by Crippen LogP contribution is 2.33. The number of halogens is 4. The first-order valence-electron chi connectivity index (χ1n) is 10.1. The van der Waals surface area contributed by atoms with Gasteiger partial charge in [-0.2, -0.15) is 13.2 Å². The molecule has 2 saturated heterocycles. The predicted octanol–water partition coefficient (Wildman–Crippen LogP) is 2.97. The van der Waals surface area contributed by atoms with E-state index >= 15 is 4.39 Å². The lowest BCUT2D eigenvalue weighted by molar-refractivity contribution is -0.137. The Hall–Kier alpha value is -2.66. The predicted molar refractivity (Wildman–Crippen MR) is 109 cm³/mol. The van der Waals surface area contributed by atoms with Crippen LogP contribution in [0, 0.1) is 5.82 Å². The second kappa shape index (κ2) is 8.83. The molecule has 1 N–H and O–H groups in total. The highest BCUT2D eigenvalue weighted by atomic mass is 19.4. The third-order valence-corrected chi connectivity index (χ3v) is 5.42. The molecule has 11 heteroatoms. The van der Waals surface area contributed by atoms with Gasteiger partial charge in [0, 0.05) is 51.5 Å². The summed E-state index contributed by atoms with van der Waals surface area (Å²) in [7, 11) is 2.02. The van der Waals surface area contributed by atoms with Crippen molar-refractivity contribution in [3.63, 3.8) is 0 Å². The van der Waals surface area contributed by atoms with E-state index < -0.39 is 17.6 Å². The summed E-state index contributed by atoms with van der Waals surface area (Å²) in [4.78, 5) is 14.2. The summed E-state index contributed by atoms with van der Waals surface area (Å²) in [5.74, 6) is 0.319. The van der Waals surface area contributed by atoms with Crippen molar-refractivity contribution in [2.24, 2.45) is 0 Å². The van der Waals surface area contributed by atoms with Crippen LogP contribution in [-0.2, 0) is 10.9 Å². The maximum Gasteiger partial charge on any atom is 0.417 e. The number of alkyl halides is 3. The fourth-order valence-electron chi connectivity index (χ4n) is 3.60. The molecule has 0 saturated carbocycles. The number of ether oxygens (including phenoxy) is 1. The van der Waals surface area contributed by atoms with Gasteiger partial charge in [-0.05, 0) is 19.2 Å². The third kappa shape index (κ3) is 4.99. The molecule has 4 heterocycles. The van der Waals surface area contributed by atoms with Gasteiger partial charge in [-0.15, -0.1) is 0 Å². The third-order valence-electron chi connectivity index (χ3n) is 5.42. The van der Waals surface area contributed by atoms with Crippen LogP contribution in [0.25, 0.3) is 0 Å². The summed E-state index contributed by atoms with van der Waals surface area (Å²) in [6.07, 6.45) is -3.70. The SMILES string of the molecule is CN1CCN(c2cc(Nc3ccc(C(F)(F)F)cn3)nc(N3CCOCC3)c2F)CC1. The molecule has 2 aliphatic rings. The van der Waals surface area contributed by atoms with Crippen molar-refractivity contribution in [3.05, 3.63) is 35.8 Å². The lowest BCUT2D eigenvalue weighted by atomic mass is 10.2. The summed E-state index contributed by atoms with van der Waals surface area (Å²) in [5, 5.41) is 2.93. The Bertz CT molecular complexity index is 894. The molecule has 168 valence electrons. The summed E-state index contributed by atoms with van der Waals surface area (Å²) in [6.45, 7) is 4.90. The monoisotopic (exact) mass is 440 g/mol. The zero-order valence-electron chi connectivity index (χ0n) is 17.1. The van der Waals surface area contributed by atoms with Gasteiger partial charge in [0.1, 0.15) is 11.6 Å². The molecule has 4 rings (SSSR count). The normalized spacial score (nSPS) is 18.4. The first kappa shape index (κ1) is 21.6. The van der Waals surface area contributed by atoms with Crippen LogP contribution in [0.3, 0.4) is 0 Å². The van der Waals surface area contributed by atoms with Crippen molar-refractivity contribution in [2.45, 2.75) is 6.18 Å². The van der Waals surface area contributed by atoms with Crippen molar-refractivity contribution in [1.82, 2.24) is 14.9 Å². The van der Waals surface area contributed by atoms with E-state index in [1.54, 1.807) is 6.07 Å². The van der Waals surface area contributed by atoms with Gasteiger partial charge < -0.3 is 24.8 Å². The maximum atomic E-state index is 15.5. The minimum atomic E-state index is -4.46. The fraction of sp³-hybridized carbons (Fsp3) is 0.500. The first-order chi connectivity index (χ1) is 14.8. The van der Waals surface area contributed by atoms with Crippen LogP contribution in [-0.4, -0.2) is 74.4 Å². The van der Waals surface area contributed by atoms with Crippen LogP contribution < -0.4 is 15.1 Å². The van der Waals surface area contributed by atoms with E-state index in [-0.39, 0.29) is 11.6 Å². The summed E-state index contributed by atoms with van der Waals surface area (Å²) >= 11 is 0. The van der Waals surface area contributed by atoms with Gasteiger partial charge in [0.25, 0.3) is 0 Å². The highest BCUT2D eigenvalue weighted by Gasteiger charge is 2.31. The molecule has 0 spiro atoms. The average molecular weight is 440 g/mol. The number of pyridine rings is 2. The standard InChI is InChI=1S/C20H24F4N6O/c1-28-4-6-29(7-5-28)15-12-17(26-16-3-2-14(13-25-16)20(22,23)24)27-19(18(15)21)30-8-10-31-11-9-30/h2-3,12-13H,4-11H2,1H3,(H,25,26,27). The molecule has 0 atom stereocenters. The Morgan fingerprint density at radius 1 is 0.968 bits per heavy atom.